The quantitative estimate of drug-likeness (QED) is 0.646. The minimum absolute atomic E-state index is 0.432. The van der Waals surface area contributed by atoms with E-state index in [1.807, 2.05) is 0 Å². The molecular formula is C11H18BrN5O. The van der Waals surface area contributed by atoms with E-state index in [0.29, 0.717) is 11.9 Å². The number of methoxy groups -OCH3 is 1. The third-order valence-electron chi connectivity index (χ3n) is 3.08. The van der Waals surface area contributed by atoms with E-state index < -0.39 is 0 Å². The Morgan fingerprint density at radius 3 is 3.22 bits per heavy atom. The number of ether oxygens (including phenoxy) is 1. The zero-order valence-electron chi connectivity index (χ0n) is 10.4. The van der Waals surface area contributed by atoms with Gasteiger partial charge in [-0.15, -0.1) is 0 Å². The van der Waals surface area contributed by atoms with Crippen LogP contribution in [-0.4, -0.2) is 36.8 Å². The van der Waals surface area contributed by atoms with Crippen molar-refractivity contribution < 1.29 is 4.74 Å². The van der Waals surface area contributed by atoms with Crippen molar-refractivity contribution in [1.82, 2.24) is 9.97 Å². The first-order chi connectivity index (χ1) is 8.74. The van der Waals surface area contributed by atoms with Crippen LogP contribution in [0.3, 0.4) is 0 Å². The van der Waals surface area contributed by atoms with Gasteiger partial charge in [-0.05, 0) is 34.7 Å². The molecule has 3 N–H and O–H groups in total. The van der Waals surface area contributed by atoms with Gasteiger partial charge in [0.05, 0.1) is 11.1 Å². The minimum Gasteiger partial charge on any atom is -0.384 e. The van der Waals surface area contributed by atoms with Crippen molar-refractivity contribution in [2.75, 3.05) is 37.1 Å². The van der Waals surface area contributed by atoms with Gasteiger partial charge in [-0.25, -0.2) is 10.8 Å². The van der Waals surface area contributed by atoms with Crippen molar-refractivity contribution in [2.45, 2.75) is 12.8 Å². The van der Waals surface area contributed by atoms with Crippen LogP contribution < -0.4 is 16.2 Å². The van der Waals surface area contributed by atoms with Crippen LogP contribution in [0.4, 0.5) is 11.8 Å². The predicted molar refractivity (Wildman–Crippen MR) is 74.4 cm³/mol. The summed E-state index contributed by atoms with van der Waals surface area (Å²) < 4.78 is 6.13. The first-order valence-electron chi connectivity index (χ1n) is 5.97. The second-order valence-electron chi connectivity index (χ2n) is 4.42. The Balaban J connectivity index is 2.14. The first kappa shape index (κ1) is 13.5. The highest BCUT2D eigenvalue weighted by molar-refractivity contribution is 9.10. The van der Waals surface area contributed by atoms with E-state index >= 15 is 0 Å². The summed E-state index contributed by atoms with van der Waals surface area (Å²) in [6, 6.07) is 0. The summed E-state index contributed by atoms with van der Waals surface area (Å²) in [5, 5.41) is 0. The Bertz CT molecular complexity index is 401. The molecule has 1 saturated heterocycles. The predicted octanol–water partition coefficient (Wildman–Crippen LogP) is 1.39. The maximum absolute atomic E-state index is 5.34. The van der Waals surface area contributed by atoms with Gasteiger partial charge >= 0.3 is 0 Å². The monoisotopic (exact) mass is 315 g/mol. The SMILES string of the molecule is COCC1CCCN(c2nc(NN)ncc2Br)C1. The van der Waals surface area contributed by atoms with Gasteiger partial charge in [-0.2, -0.15) is 4.98 Å². The zero-order chi connectivity index (χ0) is 13.0. The maximum Gasteiger partial charge on any atom is 0.239 e. The lowest BCUT2D eigenvalue weighted by molar-refractivity contribution is 0.143. The average molecular weight is 316 g/mol. The van der Waals surface area contributed by atoms with E-state index in [1.54, 1.807) is 13.3 Å². The molecule has 0 saturated carbocycles. The molecule has 1 unspecified atom stereocenters. The molecule has 1 aromatic heterocycles. The Hall–Kier alpha value is -0.920. The van der Waals surface area contributed by atoms with Crippen LogP contribution >= 0.6 is 15.9 Å². The molecule has 1 atom stereocenters. The van der Waals surface area contributed by atoms with Crippen molar-refractivity contribution >= 4 is 27.7 Å². The number of nitrogens with one attached hydrogen (secondary N) is 1. The summed E-state index contributed by atoms with van der Waals surface area (Å²) in [7, 11) is 1.75. The normalized spacial score (nSPS) is 19.9. The molecule has 6 nitrogen and oxygen atoms in total. The molecule has 2 heterocycles. The van der Waals surface area contributed by atoms with Gasteiger partial charge in [0.1, 0.15) is 5.82 Å². The van der Waals surface area contributed by atoms with E-state index in [4.69, 9.17) is 10.6 Å². The number of hydrogen-bond donors (Lipinski definition) is 2. The lowest BCUT2D eigenvalue weighted by Gasteiger charge is -2.33. The van der Waals surface area contributed by atoms with Crippen molar-refractivity contribution in [2.24, 2.45) is 11.8 Å². The summed E-state index contributed by atoms with van der Waals surface area (Å²) in [6.45, 7) is 2.74. The van der Waals surface area contributed by atoms with E-state index in [-0.39, 0.29) is 0 Å². The van der Waals surface area contributed by atoms with Crippen LogP contribution in [0.25, 0.3) is 0 Å². The zero-order valence-corrected chi connectivity index (χ0v) is 12.0. The fraction of sp³-hybridized carbons (Fsp3) is 0.636. The number of nitrogens with two attached hydrogens (primary N) is 1. The molecule has 2 rings (SSSR count). The van der Waals surface area contributed by atoms with Crippen molar-refractivity contribution in [3.05, 3.63) is 10.7 Å². The van der Waals surface area contributed by atoms with Gasteiger partial charge in [0.2, 0.25) is 5.95 Å². The fourth-order valence-corrected chi connectivity index (χ4v) is 2.72. The first-order valence-corrected chi connectivity index (χ1v) is 6.77. The maximum atomic E-state index is 5.34. The molecule has 0 radical (unpaired) electrons. The number of hydrazine groups is 1. The number of aromatic nitrogens is 2. The van der Waals surface area contributed by atoms with E-state index in [2.05, 4.69) is 36.2 Å². The summed E-state index contributed by atoms with van der Waals surface area (Å²) in [6.07, 6.45) is 4.07. The van der Waals surface area contributed by atoms with Crippen LogP contribution in [0.1, 0.15) is 12.8 Å². The average Bonchev–Trinajstić information content (AvgIpc) is 2.40. The summed E-state index contributed by atoms with van der Waals surface area (Å²) in [5.41, 5.74) is 2.48. The second-order valence-corrected chi connectivity index (χ2v) is 5.27. The molecule has 1 aliphatic rings. The number of nitrogens with zero attached hydrogens (tertiary/aromatic N) is 3. The lowest BCUT2D eigenvalue weighted by Crippen LogP contribution is -2.38. The Morgan fingerprint density at radius 1 is 1.67 bits per heavy atom. The third-order valence-corrected chi connectivity index (χ3v) is 3.63. The van der Waals surface area contributed by atoms with Crippen molar-refractivity contribution in [1.29, 1.82) is 0 Å². The molecule has 0 aliphatic carbocycles. The summed E-state index contributed by atoms with van der Waals surface area (Å²) >= 11 is 3.49. The molecule has 0 bridgehead atoms. The highest BCUT2D eigenvalue weighted by Crippen LogP contribution is 2.28. The summed E-state index contributed by atoms with van der Waals surface area (Å²) in [5.74, 6) is 7.22. The standard InChI is InChI=1S/C11H18BrN5O/c1-18-7-8-3-2-4-17(6-8)10-9(12)5-14-11(15-10)16-13/h5,8H,2-4,6-7,13H2,1H3,(H,14,15,16). The molecular weight excluding hydrogens is 298 g/mol. The number of rotatable bonds is 4. The topological polar surface area (TPSA) is 76.3 Å². The Morgan fingerprint density at radius 2 is 2.50 bits per heavy atom. The van der Waals surface area contributed by atoms with Crippen LogP contribution in [0.15, 0.2) is 10.7 Å². The molecule has 18 heavy (non-hydrogen) atoms. The van der Waals surface area contributed by atoms with Gasteiger partial charge in [-0.3, -0.25) is 5.43 Å². The highest BCUT2D eigenvalue weighted by atomic mass is 79.9. The van der Waals surface area contributed by atoms with Crippen LogP contribution in [0, 0.1) is 5.92 Å². The van der Waals surface area contributed by atoms with Crippen LogP contribution in [0.5, 0.6) is 0 Å². The highest BCUT2D eigenvalue weighted by Gasteiger charge is 2.22. The van der Waals surface area contributed by atoms with Gasteiger partial charge in [0.25, 0.3) is 0 Å². The van der Waals surface area contributed by atoms with Gasteiger partial charge < -0.3 is 9.64 Å². The van der Waals surface area contributed by atoms with E-state index in [0.717, 1.165) is 36.4 Å². The van der Waals surface area contributed by atoms with Crippen LogP contribution in [0.2, 0.25) is 0 Å². The Labute approximate surface area is 115 Å². The second kappa shape index (κ2) is 6.31. The van der Waals surface area contributed by atoms with E-state index in [9.17, 15) is 0 Å². The molecule has 1 aromatic rings. The number of hydrogen-bond acceptors (Lipinski definition) is 6. The molecule has 1 aliphatic heterocycles. The third kappa shape index (κ3) is 3.09. The largest absolute Gasteiger partial charge is 0.384 e. The Kier molecular flexibility index (Phi) is 4.73. The summed E-state index contributed by atoms with van der Waals surface area (Å²) in [4.78, 5) is 10.7. The number of nitrogen functional groups attached to an aromatic ring is 1. The van der Waals surface area contributed by atoms with Crippen molar-refractivity contribution in [3.8, 4) is 0 Å². The number of piperidine rings is 1. The molecule has 0 spiro atoms. The van der Waals surface area contributed by atoms with Gasteiger partial charge in [0, 0.05) is 26.4 Å². The van der Waals surface area contributed by atoms with Crippen LogP contribution in [-0.2, 0) is 4.74 Å². The van der Waals surface area contributed by atoms with Gasteiger partial charge in [0.15, 0.2) is 0 Å². The van der Waals surface area contributed by atoms with E-state index in [1.165, 1.54) is 6.42 Å². The molecule has 1 fully saturated rings. The fourth-order valence-electron chi connectivity index (χ4n) is 2.28. The van der Waals surface area contributed by atoms with Gasteiger partial charge in [-0.1, -0.05) is 0 Å². The lowest BCUT2D eigenvalue weighted by atomic mass is 9.99. The minimum atomic E-state index is 0.432. The molecule has 0 amide bonds. The smallest absolute Gasteiger partial charge is 0.239 e. The number of anilines is 2. The molecule has 0 aromatic carbocycles. The number of halogens is 1. The molecule has 7 heteroatoms. The van der Waals surface area contributed by atoms with Crippen molar-refractivity contribution in [3.63, 3.8) is 0 Å². The molecule has 100 valence electrons.